The monoisotopic (exact) mass is 171 g/mol. The Bertz CT molecular complexity index is 171. The fourth-order valence-electron chi connectivity index (χ4n) is 2.65. The summed E-state index contributed by atoms with van der Waals surface area (Å²) in [4.78, 5) is 0. The molecule has 3 heteroatoms. The lowest BCUT2D eigenvalue weighted by molar-refractivity contribution is 0.0324. The molecule has 1 unspecified atom stereocenters. The summed E-state index contributed by atoms with van der Waals surface area (Å²) in [6.07, 6.45) is 3.28. The maximum absolute atomic E-state index is 9.25. The van der Waals surface area contributed by atoms with Crippen LogP contribution in [0.4, 0.5) is 0 Å². The van der Waals surface area contributed by atoms with Crippen LogP contribution in [-0.4, -0.2) is 31.5 Å². The molecule has 0 amide bonds. The normalized spacial score (nSPS) is 38.5. The molecule has 0 bridgehead atoms. The van der Waals surface area contributed by atoms with E-state index in [4.69, 9.17) is 10.5 Å². The summed E-state index contributed by atoms with van der Waals surface area (Å²) in [5, 5.41) is 9.25. The molecule has 1 saturated carbocycles. The first-order valence-corrected chi connectivity index (χ1v) is 4.67. The minimum Gasteiger partial charge on any atom is -0.396 e. The molecule has 1 heterocycles. The fourth-order valence-corrected chi connectivity index (χ4v) is 2.65. The van der Waals surface area contributed by atoms with Crippen LogP contribution in [0.25, 0.3) is 0 Å². The van der Waals surface area contributed by atoms with Crippen molar-refractivity contribution in [2.75, 3.05) is 26.4 Å². The molecule has 70 valence electrons. The van der Waals surface area contributed by atoms with Gasteiger partial charge in [0.1, 0.15) is 0 Å². The van der Waals surface area contributed by atoms with Crippen LogP contribution in [0.3, 0.4) is 0 Å². The summed E-state index contributed by atoms with van der Waals surface area (Å²) in [5.74, 6) is 0. The summed E-state index contributed by atoms with van der Waals surface area (Å²) in [6, 6.07) is 0. The van der Waals surface area contributed by atoms with Crippen LogP contribution in [0.2, 0.25) is 0 Å². The van der Waals surface area contributed by atoms with Crippen LogP contribution in [0.15, 0.2) is 0 Å². The van der Waals surface area contributed by atoms with Gasteiger partial charge in [-0.15, -0.1) is 0 Å². The average molecular weight is 171 g/mol. The average Bonchev–Trinajstić information content (AvgIpc) is 2.75. The van der Waals surface area contributed by atoms with Crippen molar-refractivity contribution in [2.24, 2.45) is 16.6 Å². The Kier molecular flexibility index (Phi) is 1.90. The van der Waals surface area contributed by atoms with Crippen molar-refractivity contribution in [1.29, 1.82) is 0 Å². The number of aliphatic hydroxyl groups excluding tert-OH is 1. The first kappa shape index (κ1) is 8.48. The van der Waals surface area contributed by atoms with E-state index in [0.29, 0.717) is 12.0 Å². The summed E-state index contributed by atoms with van der Waals surface area (Å²) < 4.78 is 5.30. The van der Waals surface area contributed by atoms with Crippen molar-refractivity contribution >= 4 is 0 Å². The van der Waals surface area contributed by atoms with Gasteiger partial charge in [0.2, 0.25) is 0 Å². The molecule has 3 nitrogen and oxygen atoms in total. The second-order valence-electron chi connectivity index (χ2n) is 4.21. The Labute approximate surface area is 72.9 Å². The van der Waals surface area contributed by atoms with Crippen molar-refractivity contribution in [1.82, 2.24) is 0 Å². The molecule has 2 rings (SSSR count). The van der Waals surface area contributed by atoms with Gasteiger partial charge in [0.05, 0.1) is 6.61 Å². The lowest BCUT2D eigenvalue weighted by Gasteiger charge is -2.27. The summed E-state index contributed by atoms with van der Waals surface area (Å²) in [7, 11) is 0. The molecule has 0 aromatic heterocycles. The van der Waals surface area contributed by atoms with E-state index >= 15 is 0 Å². The Morgan fingerprint density at radius 2 is 2.00 bits per heavy atom. The molecule has 1 aliphatic heterocycles. The van der Waals surface area contributed by atoms with Crippen molar-refractivity contribution < 1.29 is 9.84 Å². The van der Waals surface area contributed by atoms with Crippen molar-refractivity contribution in [3.63, 3.8) is 0 Å². The number of hydrogen-bond donors (Lipinski definition) is 2. The van der Waals surface area contributed by atoms with E-state index in [2.05, 4.69) is 0 Å². The maximum atomic E-state index is 9.25. The predicted octanol–water partition coefficient (Wildman–Crippen LogP) is 0.124. The summed E-state index contributed by atoms with van der Waals surface area (Å²) in [6.45, 7) is 2.58. The SMILES string of the molecule is NCC1(CO)CC12CCOCC2. The van der Waals surface area contributed by atoms with Crippen molar-refractivity contribution in [3.8, 4) is 0 Å². The molecule has 2 aliphatic rings. The van der Waals surface area contributed by atoms with Gasteiger partial charge in [-0.05, 0) is 24.7 Å². The van der Waals surface area contributed by atoms with E-state index in [0.717, 1.165) is 32.5 Å². The van der Waals surface area contributed by atoms with E-state index in [1.54, 1.807) is 0 Å². The fraction of sp³-hybridized carbons (Fsp3) is 1.00. The lowest BCUT2D eigenvalue weighted by Crippen LogP contribution is -2.31. The van der Waals surface area contributed by atoms with E-state index in [1.165, 1.54) is 0 Å². The number of hydrogen-bond acceptors (Lipinski definition) is 3. The minimum absolute atomic E-state index is 0.0524. The van der Waals surface area contributed by atoms with Gasteiger partial charge in [0, 0.05) is 25.2 Å². The van der Waals surface area contributed by atoms with Crippen molar-refractivity contribution in [2.45, 2.75) is 19.3 Å². The number of nitrogens with two attached hydrogens (primary N) is 1. The summed E-state index contributed by atoms with van der Waals surface area (Å²) >= 11 is 0. The first-order valence-electron chi connectivity index (χ1n) is 4.67. The highest BCUT2D eigenvalue weighted by Crippen LogP contribution is 2.67. The van der Waals surface area contributed by atoms with Gasteiger partial charge >= 0.3 is 0 Å². The molecule has 0 radical (unpaired) electrons. The molecule has 0 aromatic carbocycles. The Morgan fingerprint density at radius 3 is 2.42 bits per heavy atom. The van der Waals surface area contributed by atoms with Crippen molar-refractivity contribution in [3.05, 3.63) is 0 Å². The third-order valence-corrected chi connectivity index (χ3v) is 3.82. The highest BCUT2D eigenvalue weighted by molar-refractivity contribution is 5.15. The molecule has 1 saturated heterocycles. The largest absolute Gasteiger partial charge is 0.396 e. The molecule has 12 heavy (non-hydrogen) atoms. The lowest BCUT2D eigenvalue weighted by atomic mass is 9.86. The third kappa shape index (κ3) is 0.934. The van der Waals surface area contributed by atoms with Gasteiger partial charge in [-0.3, -0.25) is 0 Å². The second kappa shape index (κ2) is 2.69. The van der Waals surface area contributed by atoms with Gasteiger partial charge in [-0.25, -0.2) is 0 Å². The standard InChI is InChI=1S/C9H17NO2/c10-6-9(7-11)5-8(9)1-3-12-4-2-8/h11H,1-7,10H2. The second-order valence-corrected chi connectivity index (χ2v) is 4.21. The van der Waals surface area contributed by atoms with E-state index in [1.807, 2.05) is 0 Å². The number of rotatable bonds is 2. The molecule has 3 N–H and O–H groups in total. The topological polar surface area (TPSA) is 55.5 Å². The molecule has 2 fully saturated rings. The number of ether oxygens (including phenoxy) is 1. The third-order valence-electron chi connectivity index (χ3n) is 3.82. The smallest absolute Gasteiger partial charge is 0.0505 e. The van der Waals surface area contributed by atoms with Gasteiger partial charge < -0.3 is 15.6 Å². The predicted molar refractivity (Wildman–Crippen MR) is 45.7 cm³/mol. The zero-order valence-corrected chi connectivity index (χ0v) is 7.38. The van der Waals surface area contributed by atoms with E-state index in [9.17, 15) is 5.11 Å². The van der Waals surface area contributed by atoms with Crippen LogP contribution in [-0.2, 0) is 4.74 Å². The van der Waals surface area contributed by atoms with Crippen LogP contribution in [0.5, 0.6) is 0 Å². The van der Waals surface area contributed by atoms with Gasteiger partial charge in [-0.2, -0.15) is 0 Å². The zero-order valence-electron chi connectivity index (χ0n) is 7.38. The van der Waals surface area contributed by atoms with E-state index < -0.39 is 0 Å². The Hall–Kier alpha value is -0.120. The Balaban J connectivity index is 2.05. The minimum atomic E-state index is 0.0524. The highest BCUT2D eigenvalue weighted by atomic mass is 16.5. The molecular weight excluding hydrogens is 154 g/mol. The quantitative estimate of drug-likeness (QED) is 0.620. The molecule has 1 atom stereocenters. The number of aliphatic hydroxyl groups is 1. The summed E-state index contributed by atoms with van der Waals surface area (Å²) in [5.41, 5.74) is 6.08. The maximum Gasteiger partial charge on any atom is 0.0505 e. The Morgan fingerprint density at radius 1 is 1.33 bits per heavy atom. The van der Waals surface area contributed by atoms with Crippen LogP contribution in [0, 0.1) is 10.8 Å². The molecule has 1 spiro atoms. The van der Waals surface area contributed by atoms with Crippen LogP contribution in [0.1, 0.15) is 19.3 Å². The van der Waals surface area contributed by atoms with Gasteiger partial charge in [0.25, 0.3) is 0 Å². The van der Waals surface area contributed by atoms with Gasteiger partial charge in [-0.1, -0.05) is 0 Å². The molecular formula is C9H17NO2. The van der Waals surface area contributed by atoms with E-state index in [-0.39, 0.29) is 12.0 Å². The molecule has 1 aliphatic carbocycles. The first-order chi connectivity index (χ1) is 5.79. The zero-order chi connectivity index (χ0) is 8.66. The van der Waals surface area contributed by atoms with Crippen LogP contribution < -0.4 is 5.73 Å². The van der Waals surface area contributed by atoms with Gasteiger partial charge in [0.15, 0.2) is 0 Å². The molecule has 0 aromatic rings. The van der Waals surface area contributed by atoms with Crippen LogP contribution >= 0.6 is 0 Å². The highest BCUT2D eigenvalue weighted by Gasteiger charge is 2.65.